The Labute approximate surface area is 116 Å². The number of amides is 1. The molecule has 0 aromatic carbocycles. The van der Waals surface area contributed by atoms with Gasteiger partial charge in [0.25, 0.3) is 0 Å². The lowest BCUT2D eigenvalue weighted by Crippen LogP contribution is -2.29. The standard InChI is InChI=1S/C6H13NO2.C5H13NO3S/c1-4-7(3)6(8)9-5-2;1-4-6(2)10(7,8)5-9-3/h4-5H2,1-3H3;4-5H2,1-3H3. The van der Waals surface area contributed by atoms with Crippen molar-refractivity contribution in [3.8, 4) is 0 Å². The highest BCUT2D eigenvalue weighted by Gasteiger charge is 2.14. The average molecular weight is 298 g/mol. The Hall–Kier alpha value is -0.860. The van der Waals surface area contributed by atoms with Crippen LogP contribution >= 0.6 is 0 Å². The van der Waals surface area contributed by atoms with Crippen molar-refractivity contribution in [2.45, 2.75) is 20.8 Å². The Morgan fingerprint density at radius 1 is 1.11 bits per heavy atom. The molecule has 0 fully saturated rings. The van der Waals surface area contributed by atoms with Crippen LogP contribution in [0.5, 0.6) is 0 Å². The molecule has 0 rings (SSSR count). The summed E-state index contributed by atoms with van der Waals surface area (Å²) < 4.78 is 32.4. The first kappa shape index (κ1) is 20.5. The average Bonchev–Trinajstić information content (AvgIpc) is 2.37. The summed E-state index contributed by atoms with van der Waals surface area (Å²) in [4.78, 5) is 12.2. The van der Waals surface area contributed by atoms with E-state index < -0.39 is 10.0 Å². The van der Waals surface area contributed by atoms with E-state index in [9.17, 15) is 13.2 Å². The fourth-order valence-electron chi connectivity index (χ4n) is 0.798. The number of carbonyl (C=O) groups is 1. The molecule has 0 saturated heterocycles. The highest BCUT2D eigenvalue weighted by molar-refractivity contribution is 7.88. The number of hydrogen-bond donors (Lipinski definition) is 0. The zero-order valence-corrected chi connectivity index (χ0v) is 13.5. The van der Waals surface area contributed by atoms with E-state index in [0.717, 1.165) is 0 Å². The molecule has 0 aliphatic rings. The van der Waals surface area contributed by atoms with Gasteiger partial charge in [-0.3, -0.25) is 0 Å². The molecule has 0 N–H and O–H groups in total. The molecule has 0 heterocycles. The fraction of sp³-hybridized carbons (Fsp3) is 0.909. The minimum Gasteiger partial charge on any atom is -0.450 e. The molecule has 7 nitrogen and oxygen atoms in total. The summed E-state index contributed by atoms with van der Waals surface area (Å²) in [6, 6.07) is 0. The predicted molar refractivity (Wildman–Crippen MR) is 74.4 cm³/mol. The van der Waals surface area contributed by atoms with Crippen LogP contribution in [0.3, 0.4) is 0 Å². The van der Waals surface area contributed by atoms with E-state index in [4.69, 9.17) is 0 Å². The van der Waals surface area contributed by atoms with Gasteiger partial charge in [-0.25, -0.2) is 17.5 Å². The number of ether oxygens (including phenoxy) is 2. The lowest BCUT2D eigenvalue weighted by atomic mass is 10.7. The summed E-state index contributed by atoms with van der Waals surface area (Å²) in [7, 11) is 1.44. The van der Waals surface area contributed by atoms with E-state index in [1.54, 1.807) is 20.9 Å². The highest BCUT2D eigenvalue weighted by Crippen LogP contribution is 1.95. The third-order valence-electron chi connectivity index (χ3n) is 2.24. The second-order valence-electron chi connectivity index (χ2n) is 3.65. The number of hydrogen-bond acceptors (Lipinski definition) is 5. The van der Waals surface area contributed by atoms with E-state index in [2.05, 4.69) is 9.47 Å². The van der Waals surface area contributed by atoms with Crippen LogP contribution in [-0.2, 0) is 19.5 Å². The van der Waals surface area contributed by atoms with Gasteiger partial charge in [0.15, 0.2) is 5.94 Å². The molecule has 0 aliphatic carbocycles. The highest BCUT2D eigenvalue weighted by atomic mass is 32.2. The normalized spacial score (nSPS) is 10.7. The van der Waals surface area contributed by atoms with E-state index >= 15 is 0 Å². The molecular weight excluding hydrogens is 272 g/mol. The van der Waals surface area contributed by atoms with Gasteiger partial charge >= 0.3 is 6.09 Å². The Kier molecular flexibility index (Phi) is 11.9. The molecule has 0 aliphatic heterocycles. The largest absolute Gasteiger partial charge is 0.450 e. The first-order chi connectivity index (χ1) is 8.76. The quantitative estimate of drug-likeness (QED) is 0.730. The van der Waals surface area contributed by atoms with Crippen molar-refractivity contribution in [1.29, 1.82) is 0 Å². The third-order valence-corrected chi connectivity index (χ3v) is 3.98. The van der Waals surface area contributed by atoms with Crippen LogP contribution in [0.1, 0.15) is 20.8 Å². The maximum atomic E-state index is 11.0. The minimum atomic E-state index is -3.15. The van der Waals surface area contributed by atoms with Gasteiger partial charge in [0, 0.05) is 34.3 Å². The van der Waals surface area contributed by atoms with Crippen molar-refractivity contribution in [3.63, 3.8) is 0 Å². The molecule has 0 aromatic rings. The van der Waals surface area contributed by atoms with Crippen molar-refractivity contribution in [3.05, 3.63) is 0 Å². The first-order valence-electron chi connectivity index (χ1n) is 6.07. The molecule has 0 spiro atoms. The van der Waals surface area contributed by atoms with Gasteiger partial charge in [0.1, 0.15) is 0 Å². The van der Waals surface area contributed by atoms with Crippen LogP contribution in [0.25, 0.3) is 0 Å². The van der Waals surface area contributed by atoms with E-state index in [1.807, 2.05) is 6.92 Å². The maximum absolute atomic E-state index is 11.0. The molecule has 0 radical (unpaired) electrons. The van der Waals surface area contributed by atoms with Crippen LogP contribution in [0.15, 0.2) is 0 Å². The number of rotatable bonds is 6. The fourth-order valence-corrected chi connectivity index (χ4v) is 1.67. The van der Waals surface area contributed by atoms with Crippen LogP contribution in [-0.4, -0.2) is 70.6 Å². The molecule has 0 bridgehead atoms. The predicted octanol–water partition coefficient (Wildman–Crippen LogP) is 0.966. The second-order valence-corrected chi connectivity index (χ2v) is 5.67. The zero-order valence-electron chi connectivity index (χ0n) is 12.7. The summed E-state index contributed by atoms with van der Waals surface area (Å²) in [6.45, 7) is 7.08. The Balaban J connectivity index is 0. The van der Waals surface area contributed by atoms with Gasteiger partial charge in [-0.2, -0.15) is 0 Å². The number of carbonyl (C=O) groups excluding carboxylic acids is 1. The smallest absolute Gasteiger partial charge is 0.409 e. The van der Waals surface area contributed by atoms with Gasteiger partial charge in [0.05, 0.1) is 6.61 Å². The first-order valence-corrected chi connectivity index (χ1v) is 7.68. The van der Waals surface area contributed by atoms with Gasteiger partial charge in [-0.05, 0) is 13.8 Å². The van der Waals surface area contributed by atoms with Crippen LogP contribution in [0.2, 0.25) is 0 Å². The van der Waals surface area contributed by atoms with Gasteiger partial charge in [-0.15, -0.1) is 0 Å². The molecule has 0 unspecified atom stereocenters. The molecule has 116 valence electrons. The lowest BCUT2D eigenvalue weighted by Gasteiger charge is -2.12. The Morgan fingerprint density at radius 2 is 1.63 bits per heavy atom. The van der Waals surface area contributed by atoms with Crippen LogP contribution in [0.4, 0.5) is 4.79 Å². The third kappa shape index (κ3) is 9.69. The van der Waals surface area contributed by atoms with Gasteiger partial charge in [-0.1, -0.05) is 6.92 Å². The van der Waals surface area contributed by atoms with Gasteiger partial charge in [0.2, 0.25) is 10.0 Å². The van der Waals surface area contributed by atoms with Crippen molar-refractivity contribution in [1.82, 2.24) is 9.21 Å². The molecule has 19 heavy (non-hydrogen) atoms. The molecule has 0 aromatic heterocycles. The Morgan fingerprint density at radius 3 is 1.95 bits per heavy atom. The molecule has 0 saturated carbocycles. The van der Waals surface area contributed by atoms with Crippen LogP contribution < -0.4 is 0 Å². The number of sulfonamides is 1. The van der Waals surface area contributed by atoms with Crippen molar-refractivity contribution in [2.24, 2.45) is 0 Å². The van der Waals surface area contributed by atoms with E-state index in [1.165, 1.54) is 23.4 Å². The Bertz CT molecular complexity index is 332. The maximum Gasteiger partial charge on any atom is 0.409 e. The summed E-state index contributed by atoms with van der Waals surface area (Å²) in [5.74, 6) is -0.239. The number of nitrogens with zero attached hydrogens (tertiary/aromatic N) is 2. The van der Waals surface area contributed by atoms with E-state index in [-0.39, 0.29) is 12.0 Å². The van der Waals surface area contributed by atoms with Crippen molar-refractivity contribution >= 4 is 16.1 Å². The molecular formula is C11H26N2O5S. The lowest BCUT2D eigenvalue weighted by molar-refractivity contribution is 0.118. The van der Waals surface area contributed by atoms with Crippen LogP contribution in [0, 0.1) is 0 Å². The summed E-state index contributed by atoms with van der Waals surface area (Å²) in [6.07, 6.45) is -0.250. The minimum absolute atomic E-state index is 0.239. The monoisotopic (exact) mass is 298 g/mol. The summed E-state index contributed by atoms with van der Waals surface area (Å²) >= 11 is 0. The summed E-state index contributed by atoms with van der Waals surface area (Å²) in [5.41, 5.74) is 0. The molecule has 0 atom stereocenters. The zero-order chi connectivity index (χ0) is 15.5. The van der Waals surface area contributed by atoms with E-state index in [0.29, 0.717) is 19.7 Å². The van der Waals surface area contributed by atoms with Crippen molar-refractivity contribution in [2.75, 3.05) is 46.8 Å². The SMILES string of the molecule is CCN(C)S(=O)(=O)COC.CCOC(=O)N(C)CC. The second kappa shape index (κ2) is 11.0. The van der Waals surface area contributed by atoms with Crippen molar-refractivity contribution < 1.29 is 22.7 Å². The van der Waals surface area contributed by atoms with Gasteiger partial charge < -0.3 is 14.4 Å². The summed E-state index contributed by atoms with van der Waals surface area (Å²) in [5, 5.41) is 0. The topological polar surface area (TPSA) is 76.1 Å². The number of methoxy groups -OCH3 is 1. The molecule has 1 amide bonds. The molecule has 8 heteroatoms.